The molecule has 6 heteroatoms. The average Bonchev–Trinajstić information content (AvgIpc) is 2.53. The fourth-order valence-electron chi connectivity index (χ4n) is 1.83. The molecule has 1 atom stereocenters. The minimum Gasteiger partial charge on any atom is -0.385 e. The van der Waals surface area contributed by atoms with Gasteiger partial charge in [0.05, 0.1) is 0 Å². The Balaban J connectivity index is 2.44. The zero-order valence-electron chi connectivity index (χ0n) is 14.3. The number of carbonyl (C=O) groups is 2. The van der Waals surface area contributed by atoms with Gasteiger partial charge in [0, 0.05) is 37.6 Å². The van der Waals surface area contributed by atoms with Gasteiger partial charge < -0.3 is 20.7 Å². The van der Waals surface area contributed by atoms with E-state index in [-0.39, 0.29) is 23.8 Å². The second-order valence-electron chi connectivity index (χ2n) is 5.72. The molecule has 1 aromatic rings. The van der Waals surface area contributed by atoms with E-state index in [2.05, 4.69) is 16.0 Å². The number of benzene rings is 1. The molecule has 0 radical (unpaired) electrons. The molecular formula is C17H27N3O3. The average molecular weight is 321 g/mol. The Kier molecular flexibility index (Phi) is 8.11. The van der Waals surface area contributed by atoms with Crippen LogP contribution in [-0.2, 0) is 14.3 Å². The largest absolute Gasteiger partial charge is 0.385 e. The van der Waals surface area contributed by atoms with E-state index in [1.165, 1.54) is 0 Å². The smallest absolute Gasteiger partial charge is 0.242 e. The van der Waals surface area contributed by atoms with Crippen molar-refractivity contribution in [2.24, 2.45) is 5.92 Å². The van der Waals surface area contributed by atoms with Crippen LogP contribution in [0.4, 0.5) is 11.4 Å². The summed E-state index contributed by atoms with van der Waals surface area (Å²) in [6, 6.07) is 6.96. The molecule has 0 saturated carbocycles. The molecule has 0 spiro atoms. The maximum Gasteiger partial charge on any atom is 0.242 e. The van der Waals surface area contributed by atoms with E-state index in [1.807, 2.05) is 38.1 Å². The highest BCUT2D eigenvalue weighted by Gasteiger charge is 2.12. The third kappa shape index (κ3) is 7.15. The number of amides is 2. The number of anilines is 2. The fraction of sp³-hybridized carbons (Fsp3) is 0.529. The summed E-state index contributed by atoms with van der Waals surface area (Å²) in [5.41, 5.74) is 1.57. The molecule has 0 aromatic heterocycles. The van der Waals surface area contributed by atoms with Crippen molar-refractivity contribution in [1.82, 2.24) is 5.32 Å². The lowest BCUT2D eigenvalue weighted by Crippen LogP contribution is -2.38. The van der Waals surface area contributed by atoms with Crippen LogP contribution in [0, 0.1) is 5.92 Å². The number of ether oxygens (including phenoxy) is 1. The maximum atomic E-state index is 11.9. The molecule has 0 heterocycles. The summed E-state index contributed by atoms with van der Waals surface area (Å²) >= 11 is 0. The second-order valence-corrected chi connectivity index (χ2v) is 5.72. The van der Waals surface area contributed by atoms with Crippen LogP contribution in [0.1, 0.15) is 27.2 Å². The number of carbonyl (C=O) groups excluding carboxylic acids is 2. The van der Waals surface area contributed by atoms with Crippen LogP contribution in [0.5, 0.6) is 0 Å². The van der Waals surface area contributed by atoms with Gasteiger partial charge in [0.2, 0.25) is 11.8 Å². The number of nitrogens with one attached hydrogen (secondary N) is 3. The van der Waals surface area contributed by atoms with E-state index in [9.17, 15) is 9.59 Å². The number of hydrogen-bond acceptors (Lipinski definition) is 4. The molecule has 0 aliphatic rings. The molecule has 2 amide bonds. The lowest BCUT2D eigenvalue weighted by Gasteiger charge is -2.16. The molecule has 1 aromatic carbocycles. The van der Waals surface area contributed by atoms with E-state index < -0.39 is 0 Å². The van der Waals surface area contributed by atoms with Gasteiger partial charge in [-0.05, 0) is 37.6 Å². The molecule has 0 saturated heterocycles. The fourth-order valence-corrected chi connectivity index (χ4v) is 1.83. The molecule has 3 N–H and O–H groups in total. The monoisotopic (exact) mass is 321 g/mol. The molecule has 1 unspecified atom stereocenters. The van der Waals surface area contributed by atoms with Crippen LogP contribution in [0.3, 0.4) is 0 Å². The standard InChI is InChI=1S/C17H27N3O3/c1-12(2)16(21)20-15-8-6-14(7-9-15)19-13(3)17(22)18-10-5-11-23-4/h6-9,12-13,19H,5,10-11H2,1-4H3,(H,18,22)(H,20,21). The summed E-state index contributed by atoms with van der Waals surface area (Å²) in [6.45, 7) is 6.72. The van der Waals surface area contributed by atoms with Crippen molar-refractivity contribution in [2.75, 3.05) is 30.9 Å². The van der Waals surface area contributed by atoms with Gasteiger partial charge in [-0.3, -0.25) is 9.59 Å². The number of hydrogen-bond donors (Lipinski definition) is 3. The first-order chi connectivity index (χ1) is 10.9. The van der Waals surface area contributed by atoms with Gasteiger partial charge in [-0.2, -0.15) is 0 Å². The summed E-state index contributed by atoms with van der Waals surface area (Å²) in [5, 5.41) is 8.81. The van der Waals surface area contributed by atoms with E-state index in [0.29, 0.717) is 13.2 Å². The minimum atomic E-state index is -0.339. The third-order valence-corrected chi connectivity index (χ3v) is 3.28. The Morgan fingerprint density at radius 1 is 1.04 bits per heavy atom. The van der Waals surface area contributed by atoms with Gasteiger partial charge in [-0.25, -0.2) is 0 Å². The highest BCUT2D eigenvalue weighted by Crippen LogP contribution is 2.15. The van der Waals surface area contributed by atoms with Crippen LogP contribution < -0.4 is 16.0 Å². The molecular weight excluding hydrogens is 294 g/mol. The van der Waals surface area contributed by atoms with Crippen molar-refractivity contribution >= 4 is 23.2 Å². The van der Waals surface area contributed by atoms with E-state index in [1.54, 1.807) is 14.0 Å². The maximum absolute atomic E-state index is 11.9. The zero-order valence-corrected chi connectivity index (χ0v) is 14.3. The highest BCUT2D eigenvalue weighted by molar-refractivity contribution is 5.92. The normalized spacial score (nSPS) is 11.9. The Morgan fingerprint density at radius 2 is 1.65 bits per heavy atom. The van der Waals surface area contributed by atoms with E-state index >= 15 is 0 Å². The van der Waals surface area contributed by atoms with Crippen molar-refractivity contribution in [3.63, 3.8) is 0 Å². The highest BCUT2D eigenvalue weighted by atomic mass is 16.5. The molecule has 0 aliphatic carbocycles. The Labute approximate surface area is 138 Å². The molecule has 0 fully saturated rings. The zero-order chi connectivity index (χ0) is 17.2. The van der Waals surface area contributed by atoms with Crippen molar-refractivity contribution in [2.45, 2.75) is 33.2 Å². The topological polar surface area (TPSA) is 79.5 Å². The molecule has 6 nitrogen and oxygen atoms in total. The van der Waals surface area contributed by atoms with Crippen molar-refractivity contribution in [3.8, 4) is 0 Å². The predicted octanol–water partition coefficient (Wildman–Crippen LogP) is 2.23. The van der Waals surface area contributed by atoms with Gasteiger partial charge in [-0.15, -0.1) is 0 Å². The van der Waals surface area contributed by atoms with Crippen LogP contribution in [-0.4, -0.2) is 38.1 Å². The van der Waals surface area contributed by atoms with Crippen LogP contribution >= 0.6 is 0 Å². The lowest BCUT2D eigenvalue weighted by molar-refractivity contribution is -0.121. The quantitative estimate of drug-likeness (QED) is 0.609. The minimum absolute atomic E-state index is 0.0190. The van der Waals surface area contributed by atoms with Crippen molar-refractivity contribution in [1.29, 1.82) is 0 Å². The van der Waals surface area contributed by atoms with Crippen molar-refractivity contribution in [3.05, 3.63) is 24.3 Å². The molecule has 0 aliphatic heterocycles. The summed E-state index contributed by atoms with van der Waals surface area (Å²) in [6.07, 6.45) is 0.791. The van der Waals surface area contributed by atoms with Gasteiger partial charge in [0.1, 0.15) is 6.04 Å². The SMILES string of the molecule is COCCCNC(=O)C(C)Nc1ccc(NC(=O)C(C)C)cc1. The first kappa shape index (κ1) is 19.0. The second kappa shape index (κ2) is 9.84. The van der Waals surface area contributed by atoms with Crippen molar-refractivity contribution < 1.29 is 14.3 Å². The predicted molar refractivity (Wildman–Crippen MR) is 92.5 cm³/mol. The van der Waals surface area contributed by atoms with Crippen LogP contribution in [0.25, 0.3) is 0 Å². The summed E-state index contributed by atoms with van der Waals surface area (Å²) in [4.78, 5) is 23.5. The lowest BCUT2D eigenvalue weighted by atomic mass is 10.2. The third-order valence-electron chi connectivity index (χ3n) is 3.28. The van der Waals surface area contributed by atoms with Gasteiger partial charge in [0.15, 0.2) is 0 Å². The summed E-state index contributed by atoms with van der Waals surface area (Å²) < 4.78 is 4.94. The van der Waals surface area contributed by atoms with Crippen LogP contribution in [0.2, 0.25) is 0 Å². The number of rotatable bonds is 9. The molecule has 1 rings (SSSR count). The first-order valence-electron chi connectivity index (χ1n) is 7.88. The Bertz CT molecular complexity index is 500. The Hall–Kier alpha value is -2.08. The molecule has 128 valence electrons. The molecule has 0 bridgehead atoms. The Morgan fingerprint density at radius 3 is 2.22 bits per heavy atom. The van der Waals surface area contributed by atoms with E-state index in [0.717, 1.165) is 17.8 Å². The van der Waals surface area contributed by atoms with Gasteiger partial charge in [-0.1, -0.05) is 13.8 Å². The summed E-state index contributed by atoms with van der Waals surface area (Å²) in [5.74, 6) is -0.137. The summed E-state index contributed by atoms with van der Waals surface area (Å²) in [7, 11) is 1.64. The molecule has 23 heavy (non-hydrogen) atoms. The van der Waals surface area contributed by atoms with Gasteiger partial charge in [0.25, 0.3) is 0 Å². The van der Waals surface area contributed by atoms with Gasteiger partial charge >= 0.3 is 0 Å². The first-order valence-corrected chi connectivity index (χ1v) is 7.88. The number of methoxy groups -OCH3 is 1. The van der Waals surface area contributed by atoms with Crippen LogP contribution in [0.15, 0.2) is 24.3 Å². The van der Waals surface area contributed by atoms with E-state index in [4.69, 9.17) is 4.74 Å².